The zero-order chi connectivity index (χ0) is 26.0. The van der Waals surface area contributed by atoms with Crippen molar-refractivity contribution in [1.82, 2.24) is 9.88 Å². The van der Waals surface area contributed by atoms with Gasteiger partial charge >= 0.3 is 0 Å². The monoisotopic (exact) mass is 504 g/mol. The zero-order valence-electron chi connectivity index (χ0n) is 21.6. The minimum atomic E-state index is -0.650. The number of pyridine rings is 1. The molecule has 2 aromatic carbocycles. The van der Waals surface area contributed by atoms with Gasteiger partial charge < -0.3 is 19.3 Å². The minimum absolute atomic E-state index is 0.144. The van der Waals surface area contributed by atoms with Crippen molar-refractivity contribution in [3.8, 4) is 17.2 Å². The zero-order valence-corrected chi connectivity index (χ0v) is 21.6. The van der Waals surface area contributed by atoms with E-state index in [4.69, 9.17) is 14.2 Å². The van der Waals surface area contributed by atoms with Gasteiger partial charge in [-0.25, -0.2) is 0 Å². The number of aryl methyl sites for hydroxylation is 1. The van der Waals surface area contributed by atoms with Crippen molar-refractivity contribution in [2.75, 3.05) is 33.9 Å². The topological polar surface area (TPSA) is 81.1 Å². The molecule has 1 aliphatic heterocycles. The van der Waals surface area contributed by atoms with Gasteiger partial charge in [0.25, 0.3) is 0 Å². The van der Waals surface area contributed by atoms with Crippen LogP contribution in [-0.2, 0) is 6.42 Å². The third kappa shape index (κ3) is 7.31. The molecule has 1 saturated heterocycles. The average Bonchev–Trinajstić information content (AvgIpc) is 2.96. The van der Waals surface area contributed by atoms with Crippen molar-refractivity contribution in [1.29, 1.82) is 0 Å². The summed E-state index contributed by atoms with van der Waals surface area (Å²) >= 11 is 0. The van der Waals surface area contributed by atoms with Crippen molar-refractivity contribution in [2.45, 2.75) is 38.3 Å². The highest BCUT2D eigenvalue weighted by molar-refractivity contribution is 6.10. The number of benzene rings is 2. The van der Waals surface area contributed by atoms with E-state index in [1.54, 1.807) is 49.6 Å². The number of piperidine rings is 1. The molecule has 1 aromatic heterocycles. The fourth-order valence-corrected chi connectivity index (χ4v) is 4.80. The van der Waals surface area contributed by atoms with Gasteiger partial charge in [0.2, 0.25) is 0 Å². The second kappa shape index (κ2) is 13.2. The van der Waals surface area contributed by atoms with Gasteiger partial charge in [-0.05, 0) is 85.7 Å². The van der Waals surface area contributed by atoms with Crippen LogP contribution in [0.3, 0.4) is 0 Å². The first-order chi connectivity index (χ1) is 18.1. The molecule has 37 heavy (non-hydrogen) atoms. The van der Waals surface area contributed by atoms with E-state index in [-0.39, 0.29) is 12.4 Å². The van der Waals surface area contributed by atoms with Crippen LogP contribution in [-0.4, -0.2) is 60.9 Å². The van der Waals surface area contributed by atoms with Crippen LogP contribution in [0.15, 0.2) is 67.0 Å². The molecule has 0 spiro atoms. The van der Waals surface area contributed by atoms with Crippen LogP contribution in [0.4, 0.5) is 0 Å². The summed E-state index contributed by atoms with van der Waals surface area (Å²) in [5.41, 5.74) is 2.34. The van der Waals surface area contributed by atoms with E-state index >= 15 is 0 Å². The van der Waals surface area contributed by atoms with Crippen LogP contribution in [0.25, 0.3) is 0 Å². The number of likely N-dealkylation sites (tertiary alicyclic amines) is 1. The number of hydrogen-bond acceptors (Lipinski definition) is 7. The van der Waals surface area contributed by atoms with E-state index in [0.29, 0.717) is 34.3 Å². The summed E-state index contributed by atoms with van der Waals surface area (Å²) in [5.74, 6) is 2.27. The Labute approximate surface area is 219 Å². The minimum Gasteiger partial charge on any atom is -0.497 e. The lowest BCUT2D eigenvalue weighted by Gasteiger charge is -2.35. The lowest BCUT2D eigenvalue weighted by atomic mass is 9.91. The van der Waals surface area contributed by atoms with Gasteiger partial charge in [0, 0.05) is 37.1 Å². The van der Waals surface area contributed by atoms with Gasteiger partial charge in [-0.2, -0.15) is 0 Å². The quantitative estimate of drug-likeness (QED) is 0.356. The first kappa shape index (κ1) is 26.6. The van der Waals surface area contributed by atoms with E-state index in [1.807, 2.05) is 12.4 Å². The molecule has 1 atom stereocenters. The summed E-state index contributed by atoms with van der Waals surface area (Å²) in [6, 6.07) is 16.3. The Hall–Kier alpha value is -3.42. The summed E-state index contributed by atoms with van der Waals surface area (Å²) < 4.78 is 16.4. The Morgan fingerprint density at radius 1 is 1.00 bits per heavy atom. The van der Waals surface area contributed by atoms with E-state index < -0.39 is 6.23 Å². The largest absolute Gasteiger partial charge is 0.497 e. The number of ether oxygens (including phenoxy) is 3. The van der Waals surface area contributed by atoms with Gasteiger partial charge in [-0.1, -0.05) is 6.42 Å². The van der Waals surface area contributed by atoms with Gasteiger partial charge in [0.1, 0.15) is 30.1 Å². The second-order valence-corrected chi connectivity index (χ2v) is 9.44. The highest BCUT2D eigenvalue weighted by Crippen LogP contribution is 2.28. The Morgan fingerprint density at radius 3 is 2.38 bits per heavy atom. The normalized spacial score (nSPS) is 15.2. The number of rotatable bonds is 12. The maximum Gasteiger partial charge on any atom is 0.196 e. The van der Waals surface area contributed by atoms with Crippen molar-refractivity contribution in [3.05, 3.63) is 83.7 Å². The Balaban J connectivity index is 1.21. The first-order valence-corrected chi connectivity index (χ1v) is 12.9. The molecule has 196 valence electrons. The fourth-order valence-electron chi connectivity index (χ4n) is 4.80. The van der Waals surface area contributed by atoms with Gasteiger partial charge in [-0.3, -0.25) is 14.7 Å². The van der Waals surface area contributed by atoms with Crippen molar-refractivity contribution >= 4 is 5.78 Å². The summed E-state index contributed by atoms with van der Waals surface area (Å²) in [4.78, 5) is 19.1. The van der Waals surface area contributed by atoms with Crippen molar-refractivity contribution in [2.24, 2.45) is 5.92 Å². The number of aromatic nitrogens is 1. The predicted octanol–water partition coefficient (Wildman–Crippen LogP) is 4.76. The number of methoxy groups -OCH3 is 2. The van der Waals surface area contributed by atoms with Crippen molar-refractivity contribution < 1.29 is 24.1 Å². The van der Waals surface area contributed by atoms with E-state index in [2.05, 4.69) is 22.0 Å². The van der Waals surface area contributed by atoms with E-state index in [1.165, 1.54) is 25.5 Å². The smallest absolute Gasteiger partial charge is 0.196 e. The molecular formula is C30H36N2O5. The number of nitrogens with zero attached hydrogens (tertiary/aromatic N) is 2. The summed E-state index contributed by atoms with van der Waals surface area (Å²) in [5, 5.41) is 10.7. The van der Waals surface area contributed by atoms with Crippen LogP contribution in [0.1, 0.15) is 47.2 Å². The third-order valence-electron chi connectivity index (χ3n) is 7.07. The van der Waals surface area contributed by atoms with Crippen LogP contribution >= 0.6 is 0 Å². The number of ketones is 1. The molecule has 0 amide bonds. The summed E-state index contributed by atoms with van der Waals surface area (Å²) in [7, 11) is 3.10. The summed E-state index contributed by atoms with van der Waals surface area (Å²) in [6.45, 7) is 1.94. The number of aliphatic hydroxyl groups is 1. The average molecular weight is 505 g/mol. The SMILES string of the molecule is COc1ccc(C(=O)c2ccc(OCC(O)N3CCC(CCCc4ccncc4)CC3)cc2)c(OC)c1. The fraction of sp³-hybridized carbons (Fsp3) is 0.400. The molecule has 7 heteroatoms. The Bertz CT molecular complexity index is 1130. The van der Waals surface area contributed by atoms with Crippen molar-refractivity contribution in [3.63, 3.8) is 0 Å². The number of hydrogen-bond donors (Lipinski definition) is 1. The van der Waals surface area contributed by atoms with Crippen LogP contribution in [0, 0.1) is 5.92 Å². The molecular weight excluding hydrogens is 468 g/mol. The molecule has 2 heterocycles. The molecule has 0 bridgehead atoms. The van der Waals surface area contributed by atoms with E-state index in [9.17, 15) is 9.90 Å². The highest BCUT2D eigenvalue weighted by Gasteiger charge is 2.24. The van der Waals surface area contributed by atoms with E-state index in [0.717, 1.165) is 32.4 Å². The maximum atomic E-state index is 13.0. The summed E-state index contributed by atoms with van der Waals surface area (Å²) in [6.07, 6.45) is 8.74. The van der Waals surface area contributed by atoms with Crippen LogP contribution < -0.4 is 14.2 Å². The molecule has 0 aliphatic carbocycles. The van der Waals surface area contributed by atoms with Crippen LogP contribution in [0.5, 0.6) is 17.2 Å². The first-order valence-electron chi connectivity index (χ1n) is 12.9. The van der Waals surface area contributed by atoms with Gasteiger partial charge in [-0.15, -0.1) is 0 Å². The second-order valence-electron chi connectivity index (χ2n) is 9.44. The molecule has 1 N–H and O–H groups in total. The lowest BCUT2D eigenvalue weighted by Crippen LogP contribution is -2.44. The highest BCUT2D eigenvalue weighted by atomic mass is 16.5. The predicted molar refractivity (Wildman–Crippen MR) is 142 cm³/mol. The standard InChI is InChI=1S/C30H36N2O5/c1-35-26-10-11-27(28(20-26)36-2)30(34)24-6-8-25(9-7-24)37-21-29(33)32-18-14-23(15-19-32)5-3-4-22-12-16-31-17-13-22/h6-13,16-17,20,23,29,33H,3-5,14-15,18-19,21H2,1-2H3. The van der Waals surface area contributed by atoms with Gasteiger partial charge in [0.05, 0.1) is 19.8 Å². The Kier molecular flexibility index (Phi) is 9.52. The third-order valence-corrected chi connectivity index (χ3v) is 7.07. The lowest BCUT2D eigenvalue weighted by molar-refractivity contribution is -0.0439. The van der Waals surface area contributed by atoms with Crippen LogP contribution in [0.2, 0.25) is 0 Å². The number of aliphatic hydroxyl groups excluding tert-OH is 1. The molecule has 0 radical (unpaired) electrons. The Morgan fingerprint density at radius 2 is 1.70 bits per heavy atom. The molecule has 1 aliphatic rings. The number of carbonyl (C=O) groups is 1. The number of carbonyl (C=O) groups excluding carboxylic acids is 1. The van der Waals surface area contributed by atoms with Gasteiger partial charge in [0.15, 0.2) is 5.78 Å². The molecule has 0 saturated carbocycles. The molecule has 3 aromatic rings. The molecule has 4 rings (SSSR count). The molecule has 1 fully saturated rings. The molecule has 7 nitrogen and oxygen atoms in total. The molecule has 1 unspecified atom stereocenters. The maximum absolute atomic E-state index is 13.0.